The van der Waals surface area contributed by atoms with Crippen molar-refractivity contribution in [3.63, 3.8) is 0 Å². The van der Waals surface area contributed by atoms with E-state index in [1.54, 1.807) is 0 Å². The van der Waals surface area contributed by atoms with E-state index in [0.717, 1.165) is 19.0 Å². The van der Waals surface area contributed by atoms with Crippen LogP contribution in [-0.2, 0) is 4.79 Å². The minimum absolute atomic E-state index is 0.469. The van der Waals surface area contributed by atoms with Crippen molar-refractivity contribution < 1.29 is 9.90 Å². The molecule has 3 nitrogen and oxygen atoms in total. The molecular weight excluding hydrogens is 190 g/mol. The number of carbonyl (C=O) groups is 1. The second-order valence-corrected chi connectivity index (χ2v) is 5.68. The topological polar surface area (TPSA) is 40.5 Å². The maximum atomic E-state index is 11.0. The van der Waals surface area contributed by atoms with Gasteiger partial charge in [0.1, 0.15) is 0 Å². The van der Waals surface area contributed by atoms with E-state index in [1.807, 2.05) is 6.92 Å². The lowest BCUT2D eigenvalue weighted by Crippen LogP contribution is -2.62. The number of hydrogen-bond acceptors (Lipinski definition) is 2. The molecule has 0 bridgehead atoms. The number of aliphatic carboxylic acids is 1. The van der Waals surface area contributed by atoms with E-state index < -0.39 is 11.4 Å². The van der Waals surface area contributed by atoms with Crippen molar-refractivity contribution >= 4 is 5.97 Å². The summed E-state index contributed by atoms with van der Waals surface area (Å²) in [7, 11) is 0. The van der Waals surface area contributed by atoms with Gasteiger partial charge in [-0.1, -0.05) is 6.92 Å². The van der Waals surface area contributed by atoms with Crippen molar-refractivity contribution in [1.29, 1.82) is 0 Å². The Balaban J connectivity index is 1.82. The van der Waals surface area contributed by atoms with Crippen LogP contribution in [0.25, 0.3) is 0 Å². The highest BCUT2D eigenvalue weighted by Crippen LogP contribution is 2.36. The third-order valence-electron chi connectivity index (χ3n) is 4.12. The standard InChI is InChI=1S/C12H21NO2/c1-9-3-5-10(6-4-9)13-7-12(2,8-13)11(14)15/h9-10H,3-8H2,1-2H3,(H,14,15). The van der Waals surface area contributed by atoms with Crippen molar-refractivity contribution in [2.75, 3.05) is 13.1 Å². The van der Waals surface area contributed by atoms with E-state index in [0.29, 0.717) is 6.04 Å². The molecule has 1 saturated heterocycles. The summed E-state index contributed by atoms with van der Waals surface area (Å²) >= 11 is 0. The first-order chi connectivity index (χ1) is 7.01. The molecule has 0 aromatic carbocycles. The molecule has 0 radical (unpaired) electrons. The van der Waals surface area contributed by atoms with Crippen LogP contribution in [0.4, 0.5) is 0 Å². The SMILES string of the molecule is CC1CCC(N2CC(C)(C(=O)O)C2)CC1. The van der Waals surface area contributed by atoms with E-state index in [4.69, 9.17) is 5.11 Å². The molecule has 1 saturated carbocycles. The average Bonchev–Trinajstić information content (AvgIpc) is 2.14. The Hall–Kier alpha value is -0.570. The van der Waals surface area contributed by atoms with Gasteiger partial charge in [0.2, 0.25) is 0 Å². The van der Waals surface area contributed by atoms with E-state index in [9.17, 15) is 4.79 Å². The smallest absolute Gasteiger partial charge is 0.311 e. The van der Waals surface area contributed by atoms with Gasteiger partial charge in [0.15, 0.2) is 0 Å². The largest absolute Gasteiger partial charge is 0.481 e. The Morgan fingerprint density at radius 1 is 1.27 bits per heavy atom. The Bertz CT molecular complexity index is 250. The Kier molecular flexibility index (Phi) is 2.75. The van der Waals surface area contributed by atoms with Gasteiger partial charge in [0.05, 0.1) is 5.41 Å². The van der Waals surface area contributed by atoms with Crippen molar-refractivity contribution in [1.82, 2.24) is 4.90 Å². The van der Waals surface area contributed by atoms with Crippen LogP contribution < -0.4 is 0 Å². The van der Waals surface area contributed by atoms with E-state index in [1.165, 1.54) is 25.7 Å². The molecular formula is C12H21NO2. The fourth-order valence-electron chi connectivity index (χ4n) is 2.85. The molecule has 2 fully saturated rings. The lowest BCUT2D eigenvalue weighted by atomic mass is 9.77. The van der Waals surface area contributed by atoms with Crippen LogP contribution in [0.1, 0.15) is 39.5 Å². The summed E-state index contributed by atoms with van der Waals surface area (Å²) in [5, 5.41) is 9.02. The van der Waals surface area contributed by atoms with Crippen molar-refractivity contribution in [2.24, 2.45) is 11.3 Å². The maximum absolute atomic E-state index is 11.0. The predicted octanol–water partition coefficient (Wildman–Crippen LogP) is 1.97. The fraction of sp³-hybridized carbons (Fsp3) is 0.917. The van der Waals surface area contributed by atoms with E-state index in [2.05, 4.69) is 11.8 Å². The Morgan fingerprint density at radius 3 is 2.27 bits per heavy atom. The first-order valence-electron chi connectivity index (χ1n) is 5.99. The molecule has 0 unspecified atom stereocenters. The van der Waals surface area contributed by atoms with Crippen LogP contribution in [0.3, 0.4) is 0 Å². The summed E-state index contributed by atoms with van der Waals surface area (Å²) in [6.45, 7) is 5.67. The average molecular weight is 211 g/mol. The fourth-order valence-corrected chi connectivity index (χ4v) is 2.85. The number of hydrogen-bond donors (Lipinski definition) is 1. The number of carboxylic acid groups (broad SMARTS) is 1. The van der Waals surface area contributed by atoms with E-state index in [-0.39, 0.29) is 0 Å². The number of nitrogens with zero attached hydrogens (tertiary/aromatic N) is 1. The summed E-state index contributed by atoms with van der Waals surface area (Å²) < 4.78 is 0. The molecule has 0 atom stereocenters. The predicted molar refractivity (Wildman–Crippen MR) is 58.7 cm³/mol. The summed E-state index contributed by atoms with van der Waals surface area (Å²) in [6.07, 6.45) is 5.14. The second kappa shape index (κ2) is 3.78. The highest BCUT2D eigenvalue weighted by atomic mass is 16.4. The minimum atomic E-state index is -0.636. The van der Waals surface area contributed by atoms with Crippen LogP contribution in [0.15, 0.2) is 0 Å². The molecule has 1 heterocycles. The zero-order valence-corrected chi connectivity index (χ0v) is 9.70. The van der Waals surface area contributed by atoms with Gasteiger partial charge in [-0.2, -0.15) is 0 Å². The lowest BCUT2D eigenvalue weighted by molar-refractivity contribution is -0.161. The molecule has 3 heteroatoms. The van der Waals surface area contributed by atoms with Gasteiger partial charge in [-0.05, 0) is 38.5 Å². The maximum Gasteiger partial charge on any atom is 0.311 e. The van der Waals surface area contributed by atoms with Crippen LogP contribution in [-0.4, -0.2) is 35.1 Å². The van der Waals surface area contributed by atoms with Gasteiger partial charge in [-0.25, -0.2) is 0 Å². The van der Waals surface area contributed by atoms with Crippen LogP contribution in [0, 0.1) is 11.3 Å². The van der Waals surface area contributed by atoms with Gasteiger partial charge < -0.3 is 5.11 Å². The molecule has 15 heavy (non-hydrogen) atoms. The molecule has 2 aliphatic rings. The lowest BCUT2D eigenvalue weighted by Gasteiger charge is -2.50. The Morgan fingerprint density at radius 2 is 1.80 bits per heavy atom. The number of carboxylic acids is 1. The van der Waals surface area contributed by atoms with Gasteiger partial charge in [-0.3, -0.25) is 9.69 Å². The molecule has 0 aromatic rings. The highest BCUT2D eigenvalue weighted by molar-refractivity contribution is 5.76. The summed E-state index contributed by atoms with van der Waals surface area (Å²) in [5.74, 6) is 0.233. The summed E-state index contributed by atoms with van der Waals surface area (Å²) in [6, 6.07) is 0.661. The third kappa shape index (κ3) is 2.03. The van der Waals surface area contributed by atoms with Crippen molar-refractivity contribution in [2.45, 2.75) is 45.6 Å². The normalized spacial score (nSPS) is 35.9. The van der Waals surface area contributed by atoms with Gasteiger partial charge in [-0.15, -0.1) is 0 Å². The highest BCUT2D eigenvalue weighted by Gasteiger charge is 2.47. The summed E-state index contributed by atoms with van der Waals surface area (Å²) in [5.41, 5.74) is -0.469. The molecule has 0 amide bonds. The number of likely N-dealkylation sites (tertiary alicyclic amines) is 1. The number of rotatable bonds is 2. The first kappa shape index (κ1) is 10.9. The monoisotopic (exact) mass is 211 g/mol. The molecule has 86 valence electrons. The molecule has 0 aromatic heterocycles. The van der Waals surface area contributed by atoms with Gasteiger partial charge in [0.25, 0.3) is 0 Å². The van der Waals surface area contributed by atoms with Crippen LogP contribution in [0.2, 0.25) is 0 Å². The zero-order valence-electron chi connectivity index (χ0n) is 9.70. The molecule has 1 aliphatic heterocycles. The molecule has 2 rings (SSSR count). The summed E-state index contributed by atoms with van der Waals surface area (Å²) in [4.78, 5) is 13.3. The third-order valence-corrected chi connectivity index (χ3v) is 4.12. The zero-order chi connectivity index (χ0) is 11.1. The molecule has 1 N–H and O–H groups in total. The van der Waals surface area contributed by atoms with Crippen LogP contribution in [0.5, 0.6) is 0 Å². The van der Waals surface area contributed by atoms with Gasteiger partial charge >= 0.3 is 5.97 Å². The molecule has 0 spiro atoms. The van der Waals surface area contributed by atoms with E-state index >= 15 is 0 Å². The van der Waals surface area contributed by atoms with Crippen molar-refractivity contribution in [3.8, 4) is 0 Å². The Labute approximate surface area is 91.5 Å². The van der Waals surface area contributed by atoms with Crippen LogP contribution >= 0.6 is 0 Å². The van der Waals surface area contributed by atoms with Gasteiger partial charge in [0, 0.05) is 19.1 Å². The molecule has 1 aliphatic carbocycles. The van der Waals surface area contributed by atoms with Crippen molar-refractivity contribution in [3.05, 3.63) is 0 Å². The second-order valence-electron chi connectivity index (χ2n) is 5.68. The minimum Gasteiger partial charge on any atom is -0.481 e. The first-order valence-corrected chi connectivity index (χ1v) is 5.99. The quantitative estimate of drug-likeness (QED) is 0.759.